The molecule has 0 saturated carbocycles. The van der Waals surface area contributed by atoms with Gasteiger partial charge in [-0.1, -0.05) is 46.5 Å². The number of hydrogen-bond donors (Lipinski definition) is 0. The van der Waals surface area contributed by atoms with E-state index in [-0.39, 0.29) is 24.0 Å². The molecule has 1 rings (SSSR count). The van der Waals surface area contributed by atoms with Crippen LogP contribution >= 0.6 is 0 Å². The van der Waals surface area contributed by atoms with Crippen molar-refractivity contribution in [2.45, 2.75) is 64.2 Å². The predicted molar refractivity (Wildman–Crippen MR) is 84.8 cm³/mol. The van der Waals surface area contributed by atoms with Gasteiger partial charge in [0.2, 0.25) is 0 Å². The van der Waals surface area contributed by atoms with Crippen molar-refractivity contribution in [1.29, 1.82) is 0 Å². The highest BCUT2D eigenvalue weighted by molar-refractivity contribution is 7.85. The van der Waals surface area contributed by atoms with E-state index in [1.807, 2.05) is 0 Å². The van der Waals surface area contributed by atoms with Crippen LogP contribution in [0.3, 0.4) is 0 Å². The average Bonchev–Trinajstić information content (AvgIpc) is 2.42. The van der Waals surface area contributed by atoms with Crippen LogP contribution in [0.1, 0.15) is 59.3 Å². The summed E-state index contributed by atoms with van der Waals surface area (Å²) in [4.78, 5) is 11.2. The first-order valence-electron chi connectivity index (χ1n) is 7.20. The van der Waals surface area contributed by atoms with Crippen molar-refractivity contribution >= 4 is 16.1 Å². The number of unbranched alkanes of at least 4 members (excludes halogenated alkanes) is 5. The van der Waals surface area contributed by atoms with Crippen molar-refractivity contribution in [1.82, 2.24) is 0 Å². The Morgan fingerprint density at radius 2 is 1.59 bits per heavy atom. The minimum absolute atomic E-state index is 0. The molecule has 0 spiro atoms. The Hall–Kier alpha value is -1.40. The third-order valence-corrected chi connectivity index (χ3v) is 3.93. The van der Waals surface area contributed by atoms with E-state index in [9.17, 15) is 17.8 Å². The smallest absolute Gasteiger partial charge is 0.311 e. The van der Waals surface area contributed by atoms with Gasteiger partial charge < -0.3 is 9.29 Å². The monoisotopic (exact) mass is 329 g/mol. The van der Waals surface area contributed by atoms with E-state index in [2.05, 4.69) is 6.92 Å². The van der Waals surface area contributed by atoms with E-state index < -0.39 is 10.1 Å². The van der Waals surface area contributed by atoms with Crippen LogP contribution in [0.5, 0.6) is 5.75 Å². The zero-order valence-electron chi connectivity index (χ0n) is 12.2. The van der Waals surface area contributed by atoms with Gasteiger partial charge in [0.1, 0.15) is 15.9 Å². The summed E-state index contributed by atoms with van der Waals surface area (Å²) < 4.78 is 37.3. The molecule has 6 heteroatoms. The van der Waals surface area contributed by atoms with Gasteiger partial charge in [0.25, 0.3) is 0 Å². The quantitative estimate of drug-likeness (QED) is 0.297. The van der Waals surface area contributed by atoms with Crippen molar-refractivity contribution in [3.05, 3.63) is 24.3 Å². The summed E-state index contributed by atoms with van der Waals surface area (Å²) in [5, 5.41) is 0. The zero-order valence-corrected chi connectivity index (χ0v) is 13.0. The second-order valence-corrected chi connectivity index (χ2v) is 6.30. The lowest BCUT2D eigenvalue weighted by molar-refractivity contribution is -0.134. The molecule has 0 fully saturated rings. The summed E-state index contributed by atoms with van der Waals surface area (Å²) >= 11 is 0. The highest BCUT2D eigenvalue weighted by Gasteiger charge is 2.06. The fraction of sp³-hybridized carbons (Fsp3) is 0.562. The number of esters is 1. The zero-order chi connectivity index (χ0) is 15.7. The van der Waals surface area contributed by atoms with E-state index in [1.54, 1.807) is 0 Å². The van der Waals surface area contributed by atoms with Crippen LogP contribution < -0.4 is 4.74 Å². The highest BCUT2D eigenvalue weighted by atomic mass is 32.2. The molecule has 126 valence electrons. The molecule has 0 bridgehead atoms. The normalized spacial score (nSPS) is 10.8. The Kier molecular flexibility index (Phi) is 9.69. The molecule has 0 aliphatic rings. The lowest BCUT2D eigenvalue weighted by Gasteiger charge is -2.08. The third kappa shape index (κ3) is 8.14. The topological polar surface area (TPSA) is 83.5 Å². The van der Waals surface area contributed by atoms with Crippen LogP contribution in [0.2, 0.25) is 0 Å². The van der Waals surface area contributed by atoms with Gasteiger partial charge in [-0.05, 0) is 30.7 Å². The van der Waals surface area contributed by atoms with E-state index >= 15 is 0 Å². The fourth-order valence-electron chi connectivity index (χ4n) is 1.91. The summed E-state index contributed by atoms with van der Waals surface area (Å²) in [5.74, 6) is -0.0957. The third-order valence-electron chi connectivity index (χ3n) is 3.08. The molecular weight excluding hydrogens is 304 g/mol. The molecule has 0 heterocycles. The summed E-state index contributed by atoms with van der Waals surface area (Å²) in [6.07, 6.45) is 6.86. The molecule has 0 atom stereocenters. The second-order valence-electron chi connectivity index (χ2n) is 4.92. The predicted octanol–water partition coefficient (Wildman–Crippen LogP) is 3.88. The van der Waals surface area contributed by atoms with E-state index in [0.29, 0.717) is 6.42 Å². The van der Waals surface area contributed by atoms with Gasteiger partial charge in [-0.2, -0.15) is 0 Å². The molecule has 0 amide bonds. The number of carbonyl (C=O) groups is 1. The molecule has 0 unspecified atom stereocenters. The number of benzene rings is 1. The average molecular weight is 329 g/mol. The van der Waals surface area contributed by atoms with E-state index in [4.69, 9.17) is 4.74 Å². The largest absolute Gasteiger partial charge is 0.744 e. The molecule has 1 aromatic carbocycles. The molecular formula is C16H25O5S-. The molecule has 0 saturated heterocycles. The molecule has 5 nitrogen and oxygen atoms in total. The van der Waals surface area contributed by atoms with Gasteiger partial charge >= 0.3 is 5.97 Å². The Labute approximate surface area is 133 Å². The van der Waals surface area contributed by atoms with Crippen molar-refractivity contribution in [3.63, 3.8) is 0 Å². The Balaban J connectivity index is 0.00000441. The number of ether oxygens (including phenoxy) is 1. The van der Waals surface area contributed by atoms with Crippen molar-refractivity contribution in [2.75, 3.05) is 0 Å². The Morgan fingerprint density at radius 1 is 1.05 bits per heavy atom. The standard InChI is InChI=1S/C15H22O5S.CH4/c1-2-3-4-5-6-7-8-15(16)20-13-9-11-14(12-10-13)21(17,18)19;/h9-12H,2-8H2,1H3,(H,17,18,19);1H4/p-1. The number of carbonyl (C=O) groups excluding carboxylic acids is 1. The summed E-state index contributed by atoms with van der Waals surface area (Å²) in [5.41, 5.74) is 0. The first-order chi connectivity index (χ1) is 9.93. The van der Waals surface area contributed by atoms with Gasteiger partial charge in [-0.15, -0.1) is 0 Å². The first-order valence-corrected chi connectivity index (χ1v) is 8.61. The van der Waals surface area contributed by atoms with Gasteiger partial charge in [0.05, 0.1) is 4.90 Å². The van der Waals surface area contributed by atoms with Crippen LogP contribution in [-0.2, 0) is 14.9 Å². The SMILES string of the molecule is C.CCCCCCCCC(=O)Oc1ccc(S(=O)(=O)[O-])cc1. The molecule has 0 aliphatic heterocycles. The van der Waals surface area contributed by atoms with Crippen LogP contribution in [0, 0.1) is 0 Å². The van der Waals surface area contributed by atoms with Gasteiger partial charge in [-0.25, -0.2) is 8.42 Å². The molecule has 0 radical (unpaired) electrons. The Bertz CT molecular complexity index is 534. The summed E-state index contributed by atoms with van der Waals surface area (Å²) in [6, 6.07) is 4.89. The minimum Gasteiger partial charge on any atom is -0.744 e. The summed E-state index contributed by atoms with van der Waals surface area (Å²) in [7, 11) is -4.46. The maximum atomic E-state index is 11.6. The van der Waals surface area contributed by atoms with Crippen LogP contribution in [0.4, 0.5) is 0 Å². The number of hydrogen-bond acceptors (Lipinski definition) is 5. The van der Waals surface area contributed by atoms with E-state index in [0.717, 1.165) is 31.4 Å². The van der Waals surface area contributed by atoms with Crippen molar-refractivity contribution < 1.29 is 22.5 Å². The molecule has 0 aromatic heterocycles. The Morgan fingerprint density at radius 3 is 2.14 bits per heavy atom. The van der Waals surface area contributed by atoms with E-state index in [1.165, 1.54) is 31.4 Å². The maximum absolute atomic E-state index is 11.6. The molecule has 0 N–H and O–H groups in total. The van der Waals surface area contributed by atoms with Crippen LogP contribution in [0.15, 0.2) is 29.2 Å². The number of rotatable bonds is 9. The molecule has 22 heavy (non-hydrogen) atoms. The fourth-order valence-corrected chi connectivity index (χ4v) is 2.38. The van der Waals surface area contributed by atoms with Crippen molar-refractivity contribution in [2.24, 2.45) is 0 Å². The molecule has 0 aliphatic carbocycles. The van der Waals surface area contributed by atoms with Gasteiger partial charge in [0.15, 0.2) is 0 Å². The second kappa shape index (κ2) is 10.3. The lowest BCUT2D eigenvalue weighted by Crippen LogP contribution is -2.07. The van der Waals surface area contributed by atoms with Crippen molar-refractivity contribution in [3.8, 4) is 5.75 Å². The first kappa shape index (κ1) is 20.6. The van der Waals surface area contributed by atoms with Crippen LogP contribution in [-0.4, -0.2) is 18.9 Å². The maximum Gasteiger partial charge on any atom is 0.311 e. The minimum atomic E-state index is -4.46. The molecule has 1 aromatic rings. The van der Waals surface area contributed by atoms with Gasteiger partial charge in [0, 0.05) is 6.42 Å². The lowest BCUT2D eigenvalue weighted by atomic mass is 10.1. The highest BCUT2D eigenvalue weighted by Crippen LogP contribution is 2.16. The summed E-state index contributed by atoms with van der Waals surface area (Å²) in [6.45, 7) is 2.15. The van der Waals surface area contributed by atoms with Gasteiger partial charge in [-0.3, -0.25) is 4.79 Å². The van der Waals surface area contributed by atoms with Crippen LogP contribution in [0.25, 0.3) is 0 Å².